The zero-order valence-corrected chi connectivity index (χ0v) is 11.9. The Bertz CT molecular complexity index is 397. The molecule has 0 unspecified atom stereocenters. The van der Waals surface area contributed by atoms with Crippen molar-refractivity contribution in [1.29, 1.82) is 0 Å². The number of aryl methyl sites for hydroxylation is 1. The van der Waals surface area contributed by atoms with Crippen molar-refractivity contribution >= 4 is 17.3 Å². The number of nitrogens with zero attached hydrogens (tertiary/aromatic N) is 2. The minimum atomic E-state index is 0.791. The van der Waals surface area contributed by atoms with Crippen LogP contribution in [0.15, 0.2) is 23.2 Å². The first kappa shape index (κ1) is 14.2. The largest absolute Gasteiger partial charge is 0.309 e. The summed E-state index contributed by atoms with van der Waals surface area (Å²) in [6.07, 6.45) is 1.08. The fourth-order valence-electron chi connectivity index (χ4n) is 1.63. The lowest BCUT2D eigenvalue weighted by Gasteiger charge is -2.08. The van der Waals surface area contributed by atoms with Crippen molar-refractivity contribution in [2.45, 2.75) is 20.3 Å². The van der Waals surface area contributed by atoms with E-state index < -0.39 is 0 Å². The van der Waals surface area contributed by atoms with E-state index in [1.54, 1.807) is 0 Å². The third-order valence-electron chi connectivity index (χ3n) is 2.63. The second-order valence-corrected chi connectivity index (χ2v) is 5.01. The van der Waals surface area contributed by atoms with Crippen molar-refractivity contribution in [3.05, 3.63) is 34.3 Å². The first-order valence-corrected chi connectivity index (χ1v) is 6.31. The minimum Gasteiger partial charge on any atom is -0.309 e. The van der Waals surface area contributed by atoms with Gasteiger partial charge < -0.3 is 4.90 Å². The molecule has 1 aromatic carbocycles. The average Bonchev–Trinajstić information content (AvgIpc) is 2.23. The summed E-state index contributed by atoms with van der Waals surface area (Å²) in [5.41, 5.74) is 3.25. The number of aliphatic imine (C=N–C) groups is 1. The molecule has 17 heavy (non-hydrogen) atoms. The van der Waals surface area contributed by atoms with E-state index in [1.165, 1.54) is 5.56 Å². The van der Waals surface area contributed by atoms with E-state index >= 15 is 0 Å². The van der Waals surface area contributed by atoms with Crippen LogP contribution in [0, 0.1) is 6.92 Å². The van der Waals surface area contributed by atoms with Crippen LogP contribution in [0.2, 0.25) is 5.02 Å². The van der Waals surface area contributed by atoms with Gasteiger partial charge in [0.1, 0.15) is 0 Å². The first-order chi connectivity index (χ1) is 8.00. The molecule has 0 fully saturated rings. The van der Waals surface area contributed by atoms with E-state index in [1.807, 2.05) is 26.0 Å². The van der Waals surface area contributed by atoms with Crippen molar-refractivity contribution in [3.8, 4) is 0 Å². The summed E-state index contributed by atoms with van der Waals surface area (Å²) >= 11 is 6.20. The summed E-state index contributed by atoms with van der Waals surface area (Å²) in [6.45, 7) is 5.98. The normalized spacial score (nSPS) is 12.2. The average molecular weight is 253 g/mol. The van der Waals surface area contributed by atoms with E-state index in [-0.39, 0.29) is 0 Å². The Hall–Kier alpha value is -0.860. The molecule has 0 bridgehead atoms. The number of hydrogen-bond acceptors (Lipinski definition) is 2. The molecule has 94 valence electrons. The summed E-state index contributed by atoms with van der Waals surface area (Å²) in [7, 11) is 4.15. The van der Waals surface area contributed by atoms with Gasteiger partial charge in [-0.2, -0.15) is 0 Å². The van der Waals surface area contributed by atoms with Gasteiger partial charge in [-0.3, -0.25) is 4.99 Å². The summed E-state index contributed by atoms with van der Waals surface area (Å²) in [4.78, 5) is 6.73. The summed E-state index contributed by atoms with van der Waals surface area (Å²) < 4.78 is 0. The molecule has 0 saturated heterocycles. The first-order valence-electron chi connectivity index (χ1n) is 5.93. The quantitative estimate of drug-likeness (QED) is 0.579. The van der Waals surface area contributed by atoms with E-state index in [2.05, 4.69) is 30.1 Å². The molecule has 0 aliphatic rings. The lowest BCUT2D eigenvalue weighted by Crippen LogP contribution is -2.14. The van der Waals surface area contributed by atoms with Crippen LogP contribution in [0.1, 0.15) is 24.5 Å². The van der Waals surface area contributed by atoms with E-state index in [0.29, 0.717) is 0 Å². The van der Waals surface area contributed by atoms with Crippen LogP contribution in [0.5, 0.6) is 0 Å². The van der Waals surface area contributed by atoms with Gasteiger partial charge >= 0.3 is 0 Å². The molecule has 0 aliphatic carbocycles. The lowest BCUT2D eigenvalue weighted by molar-refractivity contribution is 0.403. The van der Waals surface area contributed by atoms with Crippen LogP contribution in [0.4, 0.5) is 0 Å². The van der Waals surface area contributed by atoms with E-state index in [9.17, 15) is 0 Å². The molecule has 0 heterocycles. The smallest absolute Gasteiger partial charge is 0.0499 e. The van der Waals surface area contributed by atoms with Crippen LogP contribution < -0.4 is 0 Å². The maximum atomic E-state index is 6.20. The summed E-state index contributed by atoms with van der Waals surface area (Å²) in [5, 5.41) is 0.791. The van der Waals surface area contributed by atoms with Crippen LogP contribution in [0.25, 0.3) is 0 Å². The molecule has 2 nitrogen and oxygen atoms in total. The highest BCUT2D eigenvalue weighted by atomic mass is 35.5. The maximum absolute atomic E-state index is 6.20. The molecule has 0 amide bonds. The zero-order chi connectivity index (χ0) is 12.8. The van der Waals surface area contributed by atoms with Gasteiger partial charge in [-0.25, -0.2) is 0 Å². The van der Waals surface area contributed by atoms with Gasteiger partial charge in [0, 0.05) is 22.8 Å². The second kappa shape index (κ2) is 6.77. The highest BCUT2D eigenvalue weighted by molar-refractivity contribution is 6.34. The third-order valence-corrected chi connectivity index (χ3v) is 2.94. The summed E-state index contributed by atoms with van der Waals surface area (Å²) in [5.74, 6) is 0. The fraction of sp³-hybridized carbons (Fsp3) is 0.500. The molecular formula is C14H21ClN2. The molecule has 0 spiro atoms. The molecule has 0 radical (unpaired) electrons. The monoisotopic (exact) mass is 252 g/mol. The number of halogens is 1. The highest BCUT2D eigenvalue weighted by Crippen LogP contribution is 2.18. The van der Waals surface area contributed by atoms with Gasteiger partial charge in [0.25, 0.3) is 0 Å². The van der Waals surface area contributed by atoms with Gasteiger partial charge in [-0.15, -0.1) is 0 Å². The van der Waals surface area contributed by atoms with Gasteiger partial charge in [-0.1, -0.05) is 23.7 Å². The van der Waals surface area contributed by atoms with Crippen LogP contribution in [-0.4, -0.2) is 37.8 Å². The van der Waals surface area contributed by atoms with Crippen molar-refractivity contribution in [3.63, 3.8) is 0 Å². The van der Waals surface area contributed by atoms with Crippen molar-refractivity contribution < 1.29 is 0 Å². The van der Waals surface area contributed by atoms with E-state index in [0.717, 1.165) is 35.8 Å². The topological polar surface area (TPSA) is 15.6 Å². The molecular weight excluding hydrogens is 232 g/mol. The molecule has 0 N–H and O–H groups in total. The zero-order valence-electron chi connectivity index (χ0n) is 11.1. The minimum absolute atomic E-state index is 0.791. The van der Waals surface area contributed by atoms with Gasteiger partial charge in [0.05, 0.1) is 0 Å². The molecule has 0 aromatic heterocycles. The van der Waals surface area contributed by atoms with E-state index in [4.69, 9.17) is 11.6 Å². The van der Waals surface area contributed by atoms with Crippen molar-refractivity contribution in [1.82, 2.24) is 4.90 Å². The number of rotatable bonds is 5. The summed E-state index contributed by atoms with van der Waals surface area (Å²) in [6, 6.07) is 6.10. The molecule has 0 aliphatic heterocycles. The van der Waals surface area contributed by atoms with Crippen LogP contribution in [0.3, 0.4) is 0 Å². The molecule has 0 saturated carbocycles. The highest BCUT2D eigenvalue weighted by Gasteiger charge is 2.03. The van der Waals surface area contributed by atoms with Crippen LogP contribution >= 0.6 is 11.6 Å². The lowest BCUT2D eigenvalue weighted by atomic mass is 10.1. The number of hydrogen-bond donors (Lipinski definition) is 0. The molecule has 0 atom stereocenters. The third kappa shape index (κ3) is 4.88. The SMILES string of the molecule is CC(=NCCCN(C)C)c1ccc(C)cc1Cl. The fourth-order valence-corrected chi connectivity index (χ4v) is 2.00. The Morgan fingerprint density at radius 2 is 2.06 bits per heavy atom. The standard InChI is InChI=1S/C14H21ClN2/c1-11-6-7-13(14(15)10-11)12(2)16-8-5-9-17(3)4/h6-7,10H,5,8-9H2,1-4H3. The van der Waals surface area contributed by atoms with Gasteiger partial charge in [0.2, 0.25) is 0 Å². The van der Waals surface area contributed by atoms with Crippen molar-refractivity contribution in [2.24, 2.45) is 4.99 Å². The Morgan fingerprint density at radius 1 is 1.35 bits per heavy atom. The van der Waals surface area contributed by atoms with Gasteiger partial charge in [0.15, 0.2) is 0 Å². The molecule has 3 heteroatoms. The Labute approximate surface area is 109 Å². The Kier molecular flexibility index (Phi) is 5.66. The maximum Gasteiger partial charge on any atom is 0.0499 e. The molecule has 1 aromatic rings. The van der Waals surface area contributed by atoms with Crippen molar-refractivity contribution in [2.75, 3.05) is 27.2 Å². The molecule has 1 rings (SSSR count). The predicted octanol–water partition coefficient (Wildman–Crippen LogP) is 3.41. The predicted molar refractivity (Wildman–Crippen MR) is 76.4 cm³/mol. The Balaban J connectivity index is 2.62. The Morgan fingerprint density at radius 3 is 2.65 bits per heavy atom. The second-order valence-electron chi connectivity index (χ2n) is 4.61. The van der Waals surface area contributed by atoms with Crippen LogP contribution in [-0.2, 0) is 0 Å². The van der Waals surface area contributed by atoms with Gasteiger partial charge in [-0.05, 0) is 52.5 Å². The number of benzene rings is 1.